The van der Waals surface area contributed by atoms with Gasteiger partial charge in [0, 0.05) is 5.92 Å². The first kappa shape index (κ1) is 16.0. The third-order valence-electron chi connectivity index (χ3n) is 4.88. The van der Waals surface area contributed by atoms with Crippen LogP contribution in [0.2, 0.25) is 0 Å². The summed E-state index contributed by atoms with van der Waals surface area (Å²) < 4.78 is 31.5. The maximum Gasteiger partial charge on any atom is 0.337 e. The zero-order chi connectivity index (χ0) is 16.6. The van der Waals surface area contributed by atoms with E-state index in [1.807, 2.05) is 0 Å². The predicted molar refractivity (Wildman–Crippen MR) is 82.0 cm³/mol. The average molecular weight is 337 g/mol. The van der Waals surface area contributed by atoms with E-state index < -0.39 is 21.9 Å². The van der Waals surface area contributed by atoms with Crippen molar-refractivity contribution < 1.29 is 22.7 Å². The van der Waals surface area contributed by atoms with Crippen LogP contribution in [0.4, 0.5) is 0 Å². The van der Waals surface area contributed by atoms with E-state index in [9.17, 15) is 18.0 Å². The van der Waals surface area contributed by atoms with E-state index in [1.165, 1.54) is 31.4 Å². The summed E-state index contributed by atoms with van der Waals surface area (Å²) in [6.07, 6.45) is 3.94. The number of fused-ring (bicyclic) bond motifs is 2. The van der Waals surface area contributed by atoms with E-state index >= 15 is 0 Å². The number of ether oxygens (including phenoxy) is 1. The fourth-order valence-corrected chi connectivity index (χ4v) is 4.81. The van der Waals surface area contributed by atoms with Crippen molar-refractivity contribution in [2.75, 3.05) is 7.11 Å². The minimum absolute atomic E-state index is 0.114. The van der Waals surface area contributed by atoms with Crippen LogP contribution in [-0.2, 0) is 19.6 Å². The smallest absolute Gasteiger partial charge is 0.337 e. The van der Waals surface area contributed by atoms with Gasteiger partial charge in [0.2, 0.25) is 5.91 Å². The second-order valence-corrected chi connectivity index (χ2v) is 7.95. The minimum Gasteiger partial charge on any atom is -0.465 e. The van der Waals surface area contributed by atoms with Crippen LogP contribution in [0.15, 0.2) is 29.2 Å². The largest absolute Gasteiger partial charge is 0.465 e. The molecule has 0 aromatic heterocycles. The van der Waals surface area contributed by atoms with Gasteiger partial charge in [0.25, 0.3) is 10.0 Å². The fraction of sp³-hybridized carbons (Fsp3) is 0.500. The Balaban J connectivity index is 1.76. The number of carbonyl (C=O) groups is 2. The van der Waals surface area contributed by atoms with E-state index in [2.05, 4.69) is 9.46 Å². The van der Waals surface area contributed by atoms with Crippen molar-refractivity contribution in [2.45, 2.75) is 30.6 Å². The number of sulfonamides is 1. The quantitative estimate of drug-likeness (QED) is 0.845. The van der Waals surface area contributed by atoms with Gasteiger partial charge in [0.1, 0.15) is 0 Å². The van der Waals surface area contributed by atoms with Crippen LogP contribution < -0.4 is 4.72 Å². The lowest BCUT2D eigenvalue weighted by Crippen LogP contribution is -2.37. The molecule has 0 unspecified atom stereocenters. The molecule has 7 heteroatoms. The first-order valence-electron chi connectivity index (χ1n) is 7.66. The maximum atomic E-state index is 12.4. The van der Waals surface area contributed by atoms with Crippen molar-refractivity contribution in [1.82, 2.24) is 4.72 Å². The molecule has 3 atom stereocenters. The Kier molecular flexibility index (Phi) is 4.14. The van der Waals surface area contributed by atoms with Crippen molar-refractivity contribution in [3.05, 3.63) is 29.8 Å². The summed E-state index contributed by atoms with van der Waals surface area (Å²) in [5, 5.41) is 0. The van der Waals surface area contributed by atoms with Gasteiger partial charge >= 0.3 is 5.97 Å². The molecular formula is C16H19NO5S. The van der Waals surface area contributed by atoms with Crippen molar-refractivity contribution in [3.63, 3.8) is 0 Å². The van der Waals surface area contributed by atoms with Gasteiger partial charge in [-0.2, -0.15) is 0 Å². The molecule has 3 rings (SSSR count). The third-order valence-corrected chi connectivity index (χ3v) is 6.22. The minimum atomic E-state index is -3.99. The van der Waals surface area contributed by atoms with Crippen molar-refractivity contribution in [2.24, 2.45) is 17.8 Å². The SMILES string of the molecule is COC(=O)c1cccc(S(=O)(=O)NC(=O)[C@H]2C[C@H]3CC[C@H]2C3)c1. The fourth-order valence-electron chi connectivity index (χ4n) is 3.74. The lowest BCUT2D eigenvalue weighted by Gasteiger charge is -2.20. The van der Waals surface area contributed by atoms with E-state index in [-0.39, 0.29) is 16.4 Å². The molecule has 0 aliphatic heterocycles. The number of benzene rings is 1. The highest BCUT2D eigenvalue weighted by atomic mass is 32.2. The lowest BCUT2D eigenvalue weighted by molar-refractivity contribution is -0.124. The van der Waals surface area contributed by atoms with Crippen molar-refractivity contribution >= 4 is 21.9 Å². The molecule has 0 spiro atoms. The van der Waals surface area contributed by atoms with E-state index in [1.54, 1.807) is 0 Å². The zero-order valence-corrected chi connectivity index (χ0v) is 13.6. The normalized spacial score (nSPS) is 26.0. The molecule has 1 N–H and O–H groups in total. The molecule has 0 saturated heterocycles. The molecule has 23 heavy (non-hydrogen) atoms. The van der Waals surface area contributed by atoms with Crippen LogP contribution in [0.3, 0.4) is 0 Å². The van der Waals surface area contributed by atoms with Gasteiger partial charge in [-0.05, 0) is 49.3 Å². The Morgan fingerprint density at radius 2 is 2.00 bits per heavy atom. The molecule has 2 aliphatic rings. The predicted octanol–water partition coefficient (Wildman–Crippen LogP) is 1.71. The summed E-state index contributed by atoms with van der Waals surface area (Å²) >= 11 is 0. The van der Waals surface area contributed by atoms with Gasteiger partial charge in [-0.15, -0.1) is 0 Å². The van der Waals surface area contributed by atoms with Crippen molar-refractivity contribution in [3.8, 4) is 0 Å². The maximum absolute atomic E-state index is 12.4. The molecule has 2 saturated carbocycles. The van der Waals surface area contributed by atoms with Gasteiger partial charge in [-0.3, -0.25) is 4.79 Å². The molecule has 1 aromatic carbocycles. The van der Waals surface area contributed by atoms with Gasteiger partial charge < -0.3 is 4.74 Å². The lowest BCUT2D eigenvalue weighted by atomic mass is 9.88. The van der Waals surface area contributed by atoms with Gasteiger partial charge in [0.05, 0.1) is 17.6 Å². The number of hydrogen-bond acceptors (Lipinski definition) is 5. The summed E-state index contributed by atoms with van der Waals surface area (Å²) in [5.41, 5.74) is 0.128. The first-order valence-corrected chi connectivity index (χ1v) is 9.14. The molecule has 2 aliphatic carbocycles. The summed E-state index contributed by atoms with van der Waals surface area (Å²) in [5.74, 6) is -0.410. The Bertz CT molecular complexity index is 743. The van der Waals surface area contributed by atoms with Crippen LogP contribution in [0.1, 0.15) is 36.0 Å². The van der Waals surface area contributed by atoms with Crippen molar-refractivity contribution in [1.29, 1.82) is 0 Å². The molecule has 0 radical (unpaired) electrons. The van der Waals surface area contributed by atoms with E-state index in [0.29, 0.717) is 11.8 Å². The molecule has 1 aromatic rings. The van der Waals surface area contributed by atoms with E-state index in [4.69, 9.17) is 0 Å². The molecule has 1 amide bonds. The summed E-state index contributed by atoms with van der Waals surface area (Å²) in [7, 11) is -2.76. The number of nitrogens with one attached hydrogen (secondary N) is 1. The second-order valence-electron chi connectivity index (χ2n) is 6.27. The number of methoxy groups -OCH3 is 1. The number of amides is 1. The molecule has 124 valence electrons. The first-order chi connectivity index (χ1) is 10.9. The van der Waals surface area contributed by atoms with Crippen LogP contribution in [0, 0.1) is 17.8 Å². The average Bonchev–Trinajstić information content (AvgIpc) is 3.17. The number of esters is 1. The van der Waals surface area contributed by atoms with E-state index in [0.717, 1.165) is 25.7 Å². The van der Waals surface area contributed by atoms with Gasteiger partial charge in [-0.1, -0.05) is 12.5 Å². The second kappa shape index (κ2) is 5.96. The zero-order valence-electron chi connectivity index (χ0n) is 12.8. The standard InChI is InChI=1S/C16H19NO5S/c1-22-16(19)12-3-2-4-13(9-12)23(20,21)17-15(18)14-8-10-5-6-11(14)7-10/h2-4,9-11,14H,5-8H2,1H3,(H,17,18)/t10-,11-,14-/m0/s1. The highest BCUT2D eigenvalue weighted by Gasteiger charge is 2.43. The molecule has 2 bridgehead atoms. The summed E-state index contributed by atoms with van der Waals surface area (Å²) in [6, 6.07) is 5.47. The highest BCUT2D eigenvalue weighted by Crippen LogP contribution is 2.48. The highest BCUT2D eigenvalue weighted by molar-refractivity contribution is 7.90. The Morgan fingerprint density at radius 3 is 2.61 bits per heavy atom. The molecule has 2 fully saturated rings. The van der Waals surface area contributed by atoms with Gasteiger partial charge in [-0.25, -0.2) is 17.9 Å². The van der Waals surface area contributed by atoms with Gasteiger partial charge in [0.15, 0.2) is 0 Å². The van der Waals surface area contributed by atoms with Crippen LogP contribution in [0.25, 0.3) is 0 Å². The monoisotopic (exact) mass is 337 g/mol. The Morgan fingerprint density at radius 1 is 1.22 bits per heavy atom. The number of carbonyl (C=O) groups excluding carboxylic acids is 2. The van der Waals surface area contributed by atoms with Crippen LogP contribution in [0.5, 0.6) is 0 Å². The Labute approximate surface area is 135 Å². The number of rotatable bonds is 4. The third kappa shape index (κ3) is 3.10. The number of hydrogen-bond donors (Lipinski definition) is 1. The Hall–Kier alpha value is -1.89. The molecule has 6 nitrogen and oxygen atoms in total. The molecular weight excluding hydrogens is 318 g/mol. The van der Waals surface area contributed by atoms with Crippen LogP contribution >= 0.6 is 0 Å². The van der Waals surface area contributed by atoms with Crippen LogP contribution in [-0.4, -0.2) is 27.4 Å². The topological polar surface area (TPSA) is 89.5 Å². The summed E-state index contributed by atoms with van der Waals surface area (Å²) in [4.78, 5) is 23.7. The summed E-state index contributed by atoms with van der Waals surface area (Å²) in [6.45, 7) is 0. The molecule has 0 heterocycles.